The van der Waals surface area contributed by atoms with Gasteiger partial charge < -0.3 is 4.90 Å². The Bertz CT molecular complexity index is 731. The molecule has 0 amide bonds. The zero-order valence-electron chi connectivity index (χ0n) is 12.7. The average Bonchev–Trinajstić information content (AvgIpc) is 2.60. The highest BCUT2D eigenvalue weighted by atomic mass is 19.2. The van der Waals surface area contributed by atoms with E-state index in [9.17, 15) is 17.6 Å². The molecule has 0 fully saturated rings. The van der Waals surface area contributed by atoms with E-state index in [1.807, 2.05) is 0 Å². The number of benzene rings is 2. The highest BCUT2D eigenvalue weighted by Gasteiger charge is 2.19. The average molecular weight is 321 g/mol. The van der Waals surface area contributed by atoms with Crippen LogP contribution in [0.25, 0.3) is 11.7 Å². The normalized spacial score (nSPS) is 13.3. The minimum atomic E-state index is -1.86. The van der Waals surface area contributed by atoms with Crippen molar-refractivity contribution in [1.82, 2.24) is 0 Å². The maximum atomic E-state index is 14.0. The molecule has 0 atom stereocenters. The summed E-state index contributed by atoms with van der Waals surface area (Å²) in [5.74, 6) is -6.60. The zero-order chi connectivity index (χ0) is 17.0. The molecular weight excluding hydrogens is 306 g/mol. The van der Waals surface area contributed by atoms with E-state index in [4.69, 9.17) is 0 Å². The number of anilines is 1. The molecule has 0 radical (unpaired) electrons. The van der Waals surface area contributed by atoms with Crippen LogP contribution in [-0.2, 0) is 0 Å². The lowest BCUT2D eigenvalue weighted by atomic mass is 10.1. The Morgan fingerprint density at radius 1 is 0.652 bits per heavy atom. The SMILES string of the molecule is CN(C)c1ccc(/C(F)=C(F)/C(F)=C(\F)c2ccccc2)cc1. The summed E-state index contributed by atoms with van der Waals surface area (Å²) in [5.41, 5.74) is 0.452. The van der Waals surface area contributed by atoms with E-state index in [1.54, 1.807) is 37.2 Å². The monoisotopic (exact) mass is 321 g/mol. The Labute approximate surface area is 132 Å². The van der Waals surface area contributed by atoms with Crippen LogP contribution in [0, 0.1) is 0 Å². The standard InChI is InChI=1S/C18H15F4N/c1-23(2)14-10-8-13(9-11-14)16(20)18(22)17(21)15(19)12-6-4-3-5-7-12/h3-11H,1-2H3/b17-15+,18-16+. The molecular formula is C18H15F4N. The molecule has 0 saturated carbocycles. The van der Waals surface area contributed by atoms with E-state index in [0.29, 0.717) is 0 Å². The summed E-state index contributed by atoms with van der Waals surface area (Å²) in [7, 11) is 3.58. The molecule has 23 heavy (non-hydrogen) atoms. The van der Waals surface area contributed by atoms with Crippen molar-refractivity contribution in [2.45, 2.75) is 0 Å². The van der Waals surface area contributed by atoms with E-state index >= 15 is 0 Å². The van der Waals surface area contributed by atoms with Crippen LogP contribution >= 0.6 is 0 Å². The van der Waals surface area contributed by atoms with Crippen molar-refractivity contribution in [2.75, 3.05) is 19.0 Å². The molecule has 0 aromatic heterocycles. The molecule has 0 aliphatic heterocycles. The number of allylic oxidation sites excluding steroid dienone is 2. The maximum Gasteiger partial charge on any atom is 0.198 e. The highest BCUT2D eigenvalue weighted by molar-refractivity contribution is 5.72. The molecule has 0 saturated heterocycles. The van der Waals surface area contributed by atoms with Crippen molar-refractivity contribution in [1.29, 1.82) is 0 Å². The van der Waals surface area contributed by atoms with Gasteiger partial charge in [-0.1, -0.05) is 30.3 Å². The first kappa shape index (κ1) is 16.8. The summed E-state index contributed by atoms with van der Waals surface area (Å²) >= 11 is 0. The van der Waals surface area contributed by atoms with Crippen molar-refractivity contribution in [3.8, 4) is 0 Å². The van der Waals surface area contributed by atoms with Gasteiger partial charge in [-0.05, 0) is 24.3 Å². The number of rotatable bonds is 4. The lowest BCUT2D eigenvalue weighted by Gasteiger charge is -2.12. The molecule has 2 aromatic rings. The van der Waals surface area contributed by atoms with Gasteiger partial charge in [0.15, 0.2) is 23.3 Å². The summed E-state index contributed by atoms with van der Waals surface area (Å²) in [6, 6.07) is 12.8. The number of hydrogen-bond acceptors (Lipinski definition) is 1. The fraction of sp³-hybridized carbons (Fsp3) is 0.111. The van der Waals surface area contributed by atoms with Gasteiger partial charge in [0.05, 0.1) is 0 Å². The van der Waals surface area contributed by atoms with Crippen LogP contribution in [0.1, 0.15) is 11.1 Å². The fourth-order valence-corrected chi connectivity index (χ4v) is 1.94. The van der Waals surface area contributed by atoms with Gasteiger partial charge >= 0.3 is 0 Å². The Balaban J connectivity index is 2.39. The van der Waals surface area contributed by atoms with Gasteiger partial charge in [-0.2, -0.15) is 0 Å². The predicted molar refractivity (Wildman–Crippen MR) is 85.5 cm³/mol. The third-order valence-electron chi connectivity index (χ3n) is 3.24. The van der Waals surface area contributed by atoms with Crippen molar-refractivity contribution >= 4 is 17.3 Å². The molecule has 5 heteroatoms. The number of hydrogen-bond donors (Lipinski definition) is 0. The number of halogens is 4. The summed E-state index contributed by atoms with van der Waals surface area (Å²) in [4.78, 5) is 1.78. The summed E-state index contributed by atoms with van der Waals surface area (Å²) in [6.07, 6.45) is 0. The second kappa shape index (κ2) is 7.13. The second-order valence-corrected chi connectivity index (χ2v) is 5.06. The first-order valence-corrected chi connectivity index (χ1v) is 6.86. The van der Waals surface area contributed by atoms with E-state index in [-0.39, 0.29) is 11.1 Å². The Hall–Kier alpha value is -2.56. The van der Waals surface area contributed by atoms with Crippen molar-refractivity contribution in [2.24, 2.45) is 0 Å². The van der Waals surface area contributed by atoms with Gasteiger partial charge in [-0.15, -0.1) is 0 Å². The molecule has 0 N–H and O–H groups in total. The van der Waals surface area contributed by atoms with Gasteiger partial charge in [0, 0.05) is 30.9 Å². The molecule has 0 spiro atoms. The molecule has 0 unspecified atom stereocenters. The van der Waals surface area contributed by atoms with Gasteiger partial charge in [-0.3, -0.25) is 0 Å². The van der Waals surface area contributed by atoms with Crippen LogP contribution < -0.4 is 4.90 Å². The summed E-state index contributed by atoms with van der Waals surface area (Å²) in [6.45, 7) is 0. The van der Waals surface area contributed by atoms with E-state index in [1.165, 1.54) is 36.4 Å². The van der Waals surface area contributed by atoms with Crippen LogP contribution in [0.3, 0.4) is 0 Å². The molecule has 0 heterocycles. The first-order valence-electron chi connectivity index (χ1n) is 6.86. The fourth-order valence-electron chi connectivity index (χ4n) is 1.94. The zero-order valence-corrected chi connectivity index (χ0v) is 12.7. The Morgan fingerprint density at radius 3 is 1.52 bits per heavy atom. The lowest BCUT2D eigenvalue weighted by Crippen LogP contribution is -2.08. The molecule has 2 rings (SSSR count). The van der Waals surface area contributed by atoms with E-state index in [2.05, 4.69) is 0 Å². The minimum Gasteiger partial charge on any atom is -0.378 e. The van der Waals surface area contributed by atoms with Gasteiger partial charge in [-0.25, -0.2) is 17.6 Å². The maximum absolute atomic E-state index is 14.0. The summed E-state index contributed by atoms with van der Waals surface area (Å²) in [5, 5.41) is 0. The van der Waals surface area contributed by atoms with Crippen molar-refractivity contribution < 1.29 is 17.6 Å². The van der Waals surface area contributed by atoms with Gasteiger partial charge in [0.2, 0.25) is 0 Å². The smallest absolute Gasteiger partial charge is 0.198 e. The number of nitrogens with zero attached hydrogens (tertiary/aromatic N) is 1. The van der Waals surface area contributed by atoms with Crippen LogP contribution in [0.5, 0.6) is 0 Å². The first-order chi connectivity index (χ1) is 10.9. The topological polar surface area (TPSA) is 3.24 Å². The van der Waals surface area contributed by atoms with Gasteiger partial charge in [0.25, 0.3) is 0 Å². The second-order valence-electron chi connectivity index (χ2n) is 5.06. The largest absolute Gasteiger partial charge is 0.378 e. The van der Waals surface area contributed by atoms with E-state index < -0.39 is 23.3 Å². The molecule has 0 aliphatic rings. The quantitative estimate of drug-likeness (QED) is 0.518. The predicted octanol–water partition coefficient (Wildman–Crippen LogP) is 5.67. The van der Waals surface area contributed by atoms with Gasteiger partial charge in [0.1, 0.15) is 0 Å². The van der Waals surface area contributed by atoms with E-state index in [0.717, 1.165) is 5.69 Å². The third kappa shape index (κ3) is 3.80. The summed E-state index contributed by atoms with van der Waals surface area (Å²) < 4.78 is 55.7. The highest BCUT2D eigenvalue weighted by Crippen LogP contribution is 2.33. The molecule has 0 bridgehead atoms. The van der Waals surface area contributed by atoms with Crippen LogP contribution in [-0.4, -0.2) is 14.1 Å². The van der Waals surface area contributed by atoms with Crippen LogP contribution in [0.4, 0.5) is 23.2 Å². The Morgan fingerprint density at radius 2 is 1.09 bits per heavy atom. The molecule has 1 nitrogen and oxygen atoms in total. The molecule has 0 aliphatic carbocycles. The van der Waals surface area contributed by atoms with Crippen LogP contribution in [0.2, 0.25) is 0 Å². The van der Waals surface area contributed by atoms with Crippen molar-refractivity contribution in [3.63, 3.8) is 0 Å². The molecule has 120 valence electrons. The lowest BCUT2D eigenvalue weighted by molar-refractivity contribution is 0.519. The van der Waals surface area contributed by atoms with Crippen molar-refractivity contribution in [3.05, 3.63) is 77.4 Å². The minimum absolute atomic E-state index is 0.157. The molecule has 2 aromatic carbocycles. The third-order valence-corrected chi connectivity index (χ3v) is 3.24. The Kier molecular flexibility index (Phi) is 5.21. The van der Waals surface area contributed by atoms with Crippen LogP contribution in [0.15, 0.2) is 66.3 Å².